The zero-order chi connectivity index (χ0) is 17.4. The van der Waals surface area contributed by atoms with Crippen molar-refractivity contribution in [2.45, 2.75) is 13.5 Å². The minimum Gasteiger partial charge on any atom is -0.366 e. The molecule has 0 radical (unpaired) electrons. The third kappa shape index (κ3) is 2.80. The van der Waals surface area contributed by atoms with E-state index in [0.29, 0.717) is 31.9 Å². The molecule has 1 amide bonds. The molecule has 1 aliphatic rings. The zero-order valence-electron chi connectivity index (χ0n) is 14.1. The highest BCUT2D eigenvalue weighted by Gasteiger charge is 2.26. The smallest absolute Gasteiger partial charge is 0.270 e. The summed E-state index contributed by atoms with van der Waals surface area (Å²) >= 11 is 1.66. The van der Waals surface area contributed by atoms with Gasteiger partial charge in [0.2, 0.25) is 0 Å². The molecule has 0 N–H and O–H groups in total. The molecule has 0 atom stereocenters. The second kappa shape index (κ2) is 6.52. The van der Waals surface area contributed by atoms with Gasteiger partial charge in [-0.05, 0) is 36.6 Å². The number of rotatable bonds is 3. The Morgan fingerprint density at radius 2 is 1.92 bits per heavy atom. The standard InChI is InChI=1S/C19H20FN3OS/c1-2-23-16-7-12-25-18(16)13-17(23)19(24)22-10-8-21(9-11-22)15-6-4-3-5-14(15)20/h3-7,12-13H,2,8-11H2,1H3. The van der Waals surface area contributed by atoms with Crippen LogP contribution in [-0.2, 0) is 6.54 Å². The van der Waals surface area contributed by atoms with Crippen LogP contribution in [0.3, 0.4) is 0 Å². The number of anilines is 1. The highest BCUT2D eigenvalue weighted by atomic mass is 32.1. The number of piperazine rings is 1. The lowest BCUT2D eigenvalue weighted by Gasteiger charge is -2.36. The van der Waals surface area contributed by atoms with E-state index < -0.39 is 0 Å². The van der Waals surface area contributed by atoms with Crippen molar-refractivity contribution in [2.75, 3.05) is 31.1 Å². The molecule has 3 heterocycles. The predicted molar refractivity (Wildman–Crippen MR) is 100 cm³/mol. The van der Waals surface area contributed by atoms with Crippen LogP contribution in [0.4, 0.5) is 10.1 Å². The molecular weight excluding hydrogens is 337 g/mol. The van der Waals surface area contributed by atoms with Gasteiger partial charge in [-0.1, -0.05) is 12.1 Å². The Kier molecular flexibility index (Phi) is 4.21. The van der Waals surface area contributed by atoms with Gasteiger partial charge in [-0.2, -0.15) is 0 Å². The average molecular weight is 357 g/mol. The first kappa shape index (κ1) is 16.1. The molecule has 3 aromatic rings. The molecule has 0 saturated carbocycles. The normalized spacial score (nSPS) is 15.1. The summed E-state index contributed by atoms with van der Waals surface area (Å²) in [5.74, 6) is -0.138. The Labute approximate surface area is 150 Å². The van der Waals surface area contributed by atoms with Gasteiger partial charge >= 0.3 is 0 Å². The first-order valence-electron chi connectivity index (χ1n) is 8.54. The van der Waals surface area contributed by atoms with Crippen molar-refractivity contribution < 1.29 is 9.18 Å². The molecule has 1 aliphatic heterocycles. The quantitative estimate of drug-likeness (QED) is 0.713. The maximum atomic E-state index is 14.0. The van der Waals surface area contributed by atoms with E-state index in [1.807, 2.05) is 21.9 Å². The van der Waals surface area contributed by atoms with Crippen LogP contribution in [-0.4, -0.2) is 41.6 Å². The zero-order valence-corrected chi connectivity index (χ0v) is 14.9. The van der Waals surface area contributed by atoms with Crippen LogP contribution >= 0.6 is 11.3 Å². The number of hydrogen-bond donors (Lipinski definition) is 0. The van der Waals surface area contributed by atoms with Gasteiger partial charge in [-0.3, -0.25) is 4.79 Å². The highest BCUT2D eigenvalue weighted by Crippen LogP contribution is 2.27. The number of aryl methyl sites for hydroxylation is 1. The largest absolute Gasteiger partial charge is 0.366 e. The van der Waals surface area contributed by atoms with E-state index in [1.165, 1.54) is 6.07 Å². The summed E-state index contributed by atoms with van der Waals surface area (Å²) in [6.07, 6.45) is 0. The molecule has 0 bridgehead atoms. The Bertz CT molecular complexity index is 908. The van der Waals surface area contributed by atoms with Gasteiger partial charge in [0.05, 0.1) is 15.9 Å². The summed E-state index contributed by atoms with van der Waals surface area (Å²) in [5, 5.41) is 2.05. The number of nitrogens with zero attached hydrogens (tertiary/aromatic N) is 3. The molecule has 2 aromatic heterocycles. The molecule has 1 fully saturated rings. The van der Waals surface area contributed by atoms with Crippen molar-refractivity contribution in [1.29, 1.82) is 0 Å². The van der Waals surface area contributed by atoms with Gasteiger partial charge in [0.15, 0.2) is 0 Å². The third-order valence-corrected chi connectivity index (χ3v) is 5.67. The number of amides is 1. The van der Waals surface area contributed by atoms with Gasteiger partial charge in [-0.25, -0.2) is 4.39 Å². The van der Waals surface area contributed by atoms with Crippen molar-refractivity contribution in [3.63, 3.8) is 0 Å². The average Bonchev–Trinajstić information content (AvgIpc) is 3.22. The number of aromatic nitrogens is 1. The van der Waals surface area contributed by atoms with E-state index >= 15 is 0 Å². The van der Waals surface area contributed by atoms with Gasteiger partial charge in [0, 0.05) is 32.7 Å². The van der Waals surface area contributed by atoms with E-state index in [2.05, 4.69) is 22.9 Å². The van der Waals surface area contributed by atoms with Crippen molar-refractivity contribution in [3.05, 3.63) is 53.3 Å². The van der Waals surface area contributed by atoms with Gasteiger partial charge in [-0.15, -0.1) is 11.3 Å². The van der Waals surface area contributed by atoms with Crippen LogP contribution in [0.1, 0.15) is 17.4 Å². The first-order chi connectivity index (χ1) is 12.2. The summed E-state index contributed by atoms with van der Waals surface area (Å²) in [7, 11) is 0. The maximum Gasteiger partial charge on any atom is 0.270 e. The van der Waals surface area contributed by atoms with E-state index in [-0.39, 0.29) is 11.7 Å². The summed E-state index contributed by atoms with van der Waals surface area (Å²) in [6, 6.07) is 10.9. The number of hydrogen-bond acceptors (Lipinski definition) is 3. The van der Waals surface area contributed by atoms with Crippen molar-refractivity contribution in [2.24, 2.45) is 0 Å². The van der Waals surface area contributed by atoms with Crippen molar-refractivity contribution in [3.8, 4) is 0 Å². The number of carbonyl (C=O) groups excluding carboxylic acids is 1. The first-order valence-corrected chi connectivity index (χ1v) is 9.42. The SMILES string of the molecule is CCn1c(C(=O)N2CCN(c3ccccc3F)CC2)cc2sccc21. The number of para-hydroxylation sites is 1. The predicted octanol–water partition coefficient (Wildman–Crippen LogP) is 3.82. The summed E-state index contributed by atoms with van der Waals surface area (Å²) in [5.41, 5.74) is 2.50. The number of carbonyl (C=O) groups is 1. The number of benzene rings is 1. The summed E-state index contributed by atoms with van der Waals surface area (Å²) in [6.45, 7) is 5.34. The van der Waals surface area contributed by atoms with Crippen molar-refractivity contribution in [1.82, 2.24) is 9.47 Å². The minimum absolute atomic E-state index is 0.0680. The third-order valence-electron chi connectivity index (χ3n) is 4.82. The Morgan fingerprint density at radius 3 is 2.64 bits per heavy atom. The van der Waals surface area contributed by atoms with Crippen LogP contribution in [0.15, 0.2) is 41.8 Å². The van der Waals surface area contributed by atoms with E-state index in [0.717, 1.165) is 22.5 Å². The molecule has 0 spiro atoms. The topological polar surface area (TPSA) is 28.5 Å². The van der Waals surface area contributed by atoms with Crippen LogP contribution in [0.5, 0.6) is 0 Å². The lowest BCUT2D eigenvalue weighted by Crippen LogP contribution is -2.49. The molecule has 1 saturated heterocycles. The Morgan fingerprint density at radius 1 is 1.16 bits per heavy atom. The van der Waals surface area contributed by atoms with Crippen LogP contribution in [0, 0.1) is 5.82 Å². The fourth-order valence-electron chi connectivity index (χ4n) is 3.52. The van der Waals surface area contributed by atoms with E-state index in [1.54, 1.807) is 23.5 Å². The molecule has 0 unspecified atom stereocenters. The molecule has 0 aliphatic carbocycles. The van der Waals surface area contributed by atoms with Crippen LogP contribution in [0.2, 0.25) is 0 Å². The minimum atomic E-state index is -0.206. The van der Waals surface area contributed by atoms with Crippen LogP contribution in [0.25, 0.3) is 10.2 Å². The lowest BCUT2D eigenvalue weighted by molar-refractivity contribution is 0.0736. The summed E-state index contributed by atoms with van der Waals surface area (Å²) in [4.78, 5) is 16.9. The van der Waals surface area contributed by atoms with Gasteiger partial charge < -0.3 is 14.4 Å². The van der Waals surface area contributed by atoms with E-state index in [9.17, 15) is 9.18 Å². The Balaban J connectivity index is 1.51. The maximum absolute atomic E-state index is 14.0. The van der Waals surface area contributed by atoms with Crippen molar-refractivity contribution >= 4 is 33.1 Å². The van der Waals surface area contributed by atoms with E-state index in [4.69, 9.17) is 0 Å². The van der Waals surface area contributed by atoms with Gasteiger partial charge in [0.25, 0.3) is 5.91 Å². The number of thiophene rings is 1. The van der Waals surface area contributed by atoms with Crippen LogP contribution < -0.4 is 4.90 Å². The second-order valence-corrected chi connectivity index (χ2v) is 7.12. The molecular formula is C19H20FN3OS. The number of fused-ring (bicyclic) bond motifs is 1. The molecule has 1 aromatic carbocycles. The monoisotopic (exact) mass is 357 g/mol. The Hall–Kier alpha value is -2.34. The molecule has 6 heteroatoms. The lowest BCUT2D eigenvalue weighted by atomic mass is 10.2. The molecule has 25 heavy (non-hydrogen) atoms. The molecule has 4 nitrogen and oxygen atoms in total. The fourth-order valence-corrected chi connectivity index (χ4v) is 4.34. The van der Waals surface area contributed by atoms with Gasteiger partial charge in [0.1, 0.15) is 11.5 Å². The highest BCUT2D eigenvalue weighted by molar-refractivity contribution is 7.17. The molecule has 130 valence electrons. The fraction of sp³-hybridized carbons (Fsp3) is 0.316. The number of halogens is 1. The summed E-state index contributed by atoms with van der Waals surface area (Å²) < 4.78 is 17.2. The second-order valence-electron chi connectivity index (χ2n) is 6.17. The molecule has 4 rings (SSSR count).